The Bertz CT molecular complexity index is 380. The molecule has 1 rings (SSSR count). The van der Waals surface area contributed by atoms with Crippen LogP contribution in [0.5, 0.6) is 0 Å². The van der Waals surface area contributed by atoms with Crippen molar-refractivity contribution in [1.82, 2.24) is 4.90 Å². The van der Waals surface area contributed by atoms with Gasteiger partial charge in [-0.25, -0.2) is 0 Å². The molecule has 0 fully saturated rings. The first-order valence-electron chi connectivity index (χ1n) is 6.26. The minimum Gasteiger partial charge on any atom is -0.366 e. The zero-order chi connectivity index (χ0) is 13.7. The van der Waals surface area contributed by atoms with Crippen LogP contribution in [-0.4, -0.2) is 38.1 Å². The van der Waals surface area contributed by atoms with Gasteiger partial charge in [0.25, 0.3) is 0 Å². The molecule has 0 amide bonds. The van der Waals surface area contributed by atoms with Gasteiger partial charge < -0.3 is 9.80 Å². The number of para-hydroxylation sites is 1. The van der Waals surface area contributed by atoms with Crippen LogP contribution in [0, 0.1) is 0 Å². The van der Waals surface area contributed by atoms with Crippen LogP contribution in [0.4, 0.5) is 5.69 Å². The molecule has 1 atom stereocenters. The van der Waals surface area contributed by atoms with Crippen LogP contribution in [0.25, 0.3) is 0 Å². The highest BCUT2D eigenvalue weighted by Crippen LogP contribution is 2.32. The van der Waals surface area contributed by atoms with Crippen molar-refractivity contribution >= 4 is 28.9 Å². The topological polar surface area (TPSA) is 6.48 Å². The monoisotopic (exact) mass is 288 g/mol. The highest BCUT2D eigenvalue weighted by atomic mass is 35.5. The molecule has 0 aliphatic rings. The van der Waals surface area contributed by atoms with Crippen molar-refractivity contribution in [3.63, 3.8) is 0 Å². The van der Waals surface area contributed by atoms with E-state index in [2.05, 4.69) is 37.7 Å². The van der Waals surface area contributed by atoms with E-state index >= 15 is 0 Å². The molecule has 1 unspecified atom stereocenters. The van der Waals surface area contributed by atoms with E-state index in [-0.39, 0.29) is 0 Å². The standard InChI is InChI=1S/C14H22Cl2N2/c1-5-18(11(2)10-17(3)4)14-12(9-15)7-6-8-13(14)16/h6-8,11H,5,9-10H2,1-4H3. The third-order valence-electron chi connectivity index (χ3n) is 3.00. The lowest BCUT2D eigenvalue weighted by atomic mass is 10.1. The van der Waals surface area contributed by atoms with Gasteiger partial charge in [0.2, 0.25) is 0 Å². The Morgan fingerprint density at radius 2 is 1.94 bits per heavy atom. The third-order valence-corrected chi connectivity index (χ3v) is 3.60. The largest absolute Gasteiger partial charge is 0.366 e. The van der Waals surface area contributed by atoms with Crippen molar-refractivity contribution in [2.45, 2.75) is 25.8 Å². The number of benzene rings is 1. The minimum atomic E-state index is 0.395. The molecule has 0 saturated carbocycles. The van der Waals surface area contributed by atoms with E-state index in [0.29, 0.717) is 11.9 Å². The van der Waals surface area contributed by atoms with Crippen LogP contribution >= 0.6 is 23.2 Å². The zero-order valence-electron chi connectivity index (χ0n) is 11.6. The first kappa shape index (κ1) is 15.6. The van der Waals surface area contributed by atoms with E-state index in [0.717, 1.165) is 29.4 Å². The summed E-state index contributed by atoms with van der Waals surface area (Å²) < 4.78 is 0. The van der Waals surface area contributed by atoms with E-state index in [1.165, 1.54) is 0 Å². The maximum atomic E-state index is 6.35. The second-order valence-corrected chi connectivity index (χ2v) is 5.45. The van der Waals surface area contributed by atoms with Gasteiger partial charge in [-0.3, -0.25) is 0 Å². The quantitative estimate of drug-likeness (QED) is 0.734. The number of nitrogens with zero attached hydrogens (tertiary/aromatic N) is 2. The first-order chi connectivity index (χ1) is 8.51. The predicted molar refractivity (Wildman–Crippen MR) is 82.0 cm³/mol. The molecular formula is C14H22Cl2N2. The summed E-state index contributed by atoms with van der Waals surface area (Å²) in [4.78, 5) is 4.50. The minimum absolute atomic E-state index is 0.395. The molecule has 0 aliphatic carbocycles. The number of rotatable bonds is 6. The van der Waals surface area contributed by atoms with Gasteiger partial charge >= 0.3 is 0 Å². The van der Waals surface area contributed by atoms with Gasteiger partial charge in [0.1, 0.15) is 0 Å². The van der Waals surface area contributed by atoms with E-state index in [4.69, 9.17) is 23.2 Å². The summed E-state index contributed by atoms with van der Waals surface area (Å²) in [6.45, 7) is 6.27. The van der Waals surface area contributed by atoms with Gasteiger partial charge in [0.05, 0.1) is 10.7 Å². The van der Waals surface area contributed by atoms with Crippen molar-refractivity contribution in [2.24, 2.45) is 0 Å². The van der Waals surface area contributed by atoms with Gasteiger partial charge in [0, 0.05) is 25.0 Å². The number of anilines is 1. The van der Waals surface area contributed by atoms with Crippen LogP contribution in [0.1, 0.15) is 19.4 Å². The van der Waals surface area contributed by atoms with E-state index in [9.17, 15) is 0 Å². The second-order valence-electron chi connectivity index (χ2n) is 4.78. The highest BCUT2D eigenvalue weighted by molar-refractivity contribution is 6.33. The van der Waals surface area contributed by atoms with E-state index in [1.807, 2.05) is 18.2 Å². The lowest BCUT2D eigenvalue weighted by Gasteiger charge is -2.34. The summed E-state index contributed by atoms with van der Waals surface area (Å²) >= 11 is 12.4. The van der Waals surface area contributed by atoms with Gasteiger partial charge in [-0.2, -0.15) is 0 Å². The van der Waals surface area contributed by atoms with Crippen LogP contribution in [-0.2, 0) is 5.88 Å². The molecule has 0 spiro atoms. The Morgan fingerprint density at radius 3 is 2.44 bits per heavy atom. The molecule has 1 aromatic rings. The molecule has 0 N–H and O–H groups in total. The maximum absolute atomic E-state index is 6.35. The molecule has 0 bridgehead atoms. The Balaban J connectivity index is 3.08. The molecule has 102 valence electrons. The van der Waals surface area contributed by atoms with Crippen LogP contribution < -0.4 is 4.90 Å². The molecule has 0 radical (unpaired) electrons. The number of likely N-dealkylation sites (N-methyl/N-ethyl adjacent to an activating group) is 2. The van der Waals surface area contributed by atoms with Crippen molar-refractivity contribution < 1.29 is 0 Å². The average Bonchev–Trinajstić information content (AvgIpc) is 2.31. The van der Waals surface area contributed by atoms with Crippen molar-refractivity contribution in [3.8, 4) is 0 Å². The number of hydrogen-bond donors (Lipinski definition) is 0. The fourth-order valence-corrected chi connectivity index (χ4v) is 2.82. The lowest BCUT2D eigenvalue weighted by Crippen LogP contribution is -2.40. The van der Waals surface area contributed by atoms with E-state index < -0.39 is 0 Å². The molecule has 0 saturated heterocycles. The summed E-state index contributed by atoms with van der Waals surface area (Å²) in [5.41, 5.74) is 2.17. The summed E-state index contributed by atoms with van der Waals surface area (Å²) in [5.74, 6) is 0.487. The molecule has 0 heterocycles. The summed E-state index contributed by atoms with van der Waals surface area (Å²) in [6, 6.07) is 6.32. The Hall–Kier alpha value is -0.440. The van der Waals surface area contributed by atoms with Crippen LogP contribution in [0.3, 0.4) is 0 Å². The fourth-order valence-electron chi connectivity index (χ4n) is 2.31. The lowest BCUT2D eigenvalue weighted by molar-refractivity contribution is 0.373. The van der Waals surface area contributed by atoms with Gasteiger partial charge in [-0.1, -0.05) is 23.7 Å². The third kappa shape index (κ3) is 3.78. The average molecular weight is 289 g/mol. The van der Waals surface area contributed by atoms with Gasteiger partial charge in [-0.05, 0) is 39.6 Å². The molecule has 1 aromatic carbocycles. The molecule has 4 heteroatoms. The fraction of sp³-hybridized carbons (Fsp3) is 0.571. The summed E-state index contributed by atoms with van der Waals surface area (Å²) in [5, 5.41) is 0.778. The van der Waals surface area contributed by atoms with Gasteiger partial charge in [-0.15, -0.1) is 11.6 Å². The SMILES string of the molecule is CCN(c1c(Cl)cccc1CCl)C(C)CN(C)C. The number of hydrogen-bond acceptors (Lipinski definition) is 2. The van der Waals surface area contributed by atoms with Crippen molar-refractivity contribution in [2.75, 3.05) is 32.1 Å². The van der Waals surface area contributed by atoms with Crippen LogP contribution in [0.15, 0.2) is 18.2 Å². The number of halogens is 2. The summed E-state index contributed by atoms with van der Waals surface area (Å²) in [7, 11) is 4.17. The summed E-state index contributed by atoms with van der Waals surface area (Å²) in [6.07, 6.45) is 0. The first-order valence-corrected chi connectivity index (χ1v) is 7.17. The molecule has 18 heavy (non-hydrogen) atoms. The zero-order valence-corrected chi connectivity index (χ0v) is 13.1. The van der Waals surface area contributed by atoms with Crippen molar-refractivity contribution in [1.29, 1.82) is 0 Å². The second kappa shape index (κ2) is 7.22. The maximum Gasteiger partial charge on any atom is 0.0642 e. The Kier molecular flexibility index (Phi) is 6.27. The molecule has 2 nitrogen and oxygen atoms in total. The smallest absolute Gasteiger partial charge is 0.0642 e. The van der Waals surface area contributed by atoms with Gasteiger partial charge in [0.15, 0.2) is 0 Å². The Morgan fingerprint density at radius 1 is 1.28 bits per heavy atom. The van der Waals surface area contributed by atoms with E-state index in [1.54, 1.807) is 0 Å². The molecule has 0 aromatic heterocycles. The molecule has 0 aliphatic heterocycles. The van der Waals surface area contributed by atoms with Crippen molar-refractivity contribution in [3.05, 3.63) is 28.8 Å². The normalized spacial score (nSPS) is 12.8. The molecular weight excluding hydrogens is 267 g/mol. The number of alkyl halides is 1. The van der Waals surface area contributed by atoms with Crippen LogP contribution in [0.2, 0.25) is 5.02 Å². The Labute approximate surface area is 120 Å². The predicted octanol–water partition coefficient (Wildman–Crippen LogP) is 3.86. The highest BCUT2D eigenvalue weighted by Gasteiger charge is 2.18.